The number of thiophene rings is 1. The lowest BCUT2D eigenvalue weighted by Crippen LogP contribution is -2.30. The topological polar surface area (TPSA) is 46.6 Å². The summed E-state index contributed by atoms with van der Waals surface area (Å²) in [5, 5.41) is 1.70. The minimum Gasteiger partial charge on any atom is -0.489 e. The zero-order valence-electron chi connectivity index (χ0n) is 11.1. The summed E-state index contributed by atoms with van der Waals surface area (Å²) in [7, 11) is -2.10. The summed E-state index contributed by atoms with van der Waals surface area (Å²) in [5.41, 5.74) is 0. The molecule has 21 heavy (non-hydrogen) atoms. The van der Waals surface area contributed by atoms with Gasteiger partial charge in [0.1, 0.15) is 10.8 Å². The van der Waals surface area contributed by atoms with E-state index in [1.54, 1.807) is 23.6 Å². The van der Waals surface area contributed by atoms with Crippen LogP contribution in [0.4, 0.5) is 4.39 Å². The lowest BCUT2D eigenvalue weighted by Gasteiger charge is -2.17. The fraction of sp³-hybridized carbons (Fsp3) is 0.231. The van der Waals surface area contributed by atoms with Gasteiger partial charge in [0.15, 0.2) is 11.6 Å². The lowest BCUT2D eigenvalue weighted by molar-refractivity contribution is 0.275. The van der Waals surface area contributed by atoms with Gasteiger partial charge in [0.2, 0.25) is 0 Å². The molecular formula is C13H13BrFNO3S2. The summed E-state index contributed by atoms with van der Waals surface area (Å²) < 4.78 is 45.2. The molecule has 0 saturated carbocycles. The standard InChI is InChI=1S/C13H13BrFNO3S2/c1-16(21(17,18)13-10(14)6-9-20-13)7-8-19-12-5-3-2-4-11(12)15/h2-6,9H,7-8H2,1H3. The number of para-hydroxylation sites is 1. The van der Waals surface area contributed by atoms with Crippen molar-refractivity contribution >= 4 is 37.3 Å². The highest BCUT2D eigenvalue weighted by atomic mass is 79.9. The molecule has 2 aromatic rings. The maximum Gasteiger partial charge on any atom is 0.253 e. The van der Waals surface area contributed by atoms with Crippen LogP contribution < -0.4 is 4.74 Å². The van der Waals surface area contributed by atoms with Gasteiger partial charge in [-0.15, -0.1) is 11.3 Å². The van der Waals surface area contributed by atoms with Gasteiger partial charge >= 0.3 is 0 Å². The number of nitrogens with zero attached hydrogens (tertiary/aromatic N) is 1. The van der Waals surface area contributed by atoms with E-state index in [9.17, 15) is 12.8 Å². The van der Waals surface area contributed by atoms with Crippen molar-refractivity contribution < 1.29 is 17.5 Å². The number of ether oxygens (including phenoxy) is 1. The van der Waals surface area contributed by atoms with Crippen molar-refractivity contribution in [1.82, 2.24) is 4.31 Å². The number of halogens is 2. The van der Waals surface area contributed by atoms with Crippen LogP contribution in [0, 0.1) is 5.82 Å². The van der Waals surface area contributed by atoms with Crippen molar-refractivity contribution in [2.45, 2.75) is 4.21 Å². The molecule has 1 aromatic heterocycles. The Bertz CT molecular complexity index is 718. The second kappa shape index (κ2) is 6.87. The third-order valence-electron chi connectivity index (χ3n) is 2.73. The van der Waals surface area contributed by atoms with Gasteiger partial charge in [-0.3, -0.25) is 0 Å². The first-order valence-corrected chi connectivity index (χ1v) is 9.11. The Kier molecular flexibility index (Phi) is 5.37. The second-order valence-electron chi connectivity index (χ2n) is 4.16. The fourth-order valence-corrected chi connectivity index (χ4v) is 5.23. The van der Waals surface area contributed by atoms with E-state index in [0.717, 1.165) is 11.3 Å². The summed E-state index contributed by atoms with van der Waals surface area (Å²) in [6.45, 7) is 0.195. The molecule has 0 spiro atoms. The Morgan fingerprint density at radius 3 is 2.67 bits per heavy atom. The third-order valence-corrected chi connectivity index (χ3v) is 7.23. The van der Waals surface area contributed by atoms with E-state index in [1.807, 2.05) is 0 Å². The van der Waals surface area contributed by atoms with Gasteiger partial charge in [-0.25, -0.2) is 12.8 Å². The highest BCUT2D eigenvalue weighted by Gasteiger charge is 2.24. The molecule has 0 aliphatic carbocycles. The molecule has 114 valence electrons. The van der Waals surface area contributed by atoms with Crippen LogP contribution in [-0.4, -0.2) is 32.9 Å². The smallest absolute Gasteiger partial charge is 0.253 e. The number of hydrogen-bond acceptors (Lipinski definition) is 4. The van der Waals surface area contributed by atoms with Crippen LogP contribution in [0.2, 0.25) is 0 Å². The van der Waals surface area contributed by atoms with E-state index in [4.69, 9.17) is 4.74 Å². The van der Waals surface area contributed by atoms with Crippen molar-refractivity contribution in [3.05, 3.63) is 46.0 Å². The number of likely N-dealkylation sites (N-methyl/N-ethyl adjacent to an activating group) is 1. The van der Waals surface area contributed by atoms with Crippen molar-refractivity contribution in [3.63, 3.8) is 0 Å². The SMILES string of the molecule is CN(CCOc1ccccc1F)S(=O)(=O)c1sccc1Br. The molecule has 0 atom stereocenters. The number of sulfonamides is 1. The second-order valence-corrected chi connectivity index (χ2v) is 8.17. The van der Waals surface area contributed by atoms with Gasteiger partial charge in [-0.1, -0.05) is 12.1 Å². The first kappa shape index (κ1) is 16.4. The van der Waals surface area contributed by atoms with E-state index in [1.165, 1.54) is 23.5 Å². The molecule has 0 fully saturated rings. The molecular weight excluding hydrogens is 381 g/mol. The van der Waals surface area contributed by atoms with Gasteiger partial charge in [0, 0.05) is 18.1 Å². The highest BCUT2D eigenvalue weighted by Crippen LogP contribution is 2.29. The molecule has 0 N–H and O–H groups in total. The molecule has 0 bridgehead atoms. The zero-order chi connectivity index (χ0) is 15.5. The van der Waals surface area contributed by atoms with Gasteiger partial charge in [-0.2, -0.15) is 4.31 Å². The maximum atomic E-state index is 13.4. The molecule has 2 rings (SSSR count). The van der Waals surface area contributed by atoms with Crippen LogP contribution >= 0.6 is 27.3 Å². The largest absolute Gasteiger partial charge is 0.489 e. The first-order valence-electron chi connectivity index (χ1n) is 5.99. The monoisotopic (exact) mass is 393 g/mol. The van der Waals surface area contributed by atoms with Crippen molar-refractivity contribution in [1.29, 1.82) is 0 Å². The van der Waals surface area contributed by atoms with Crippen LogP contribution in [0.25, 0.3) is 0 Å². The van der Waals surface area contributed by atoms with Crippen molar-refractivity contribution in [2.24, 2.45) is 0 Å². The van der Waals surface area contributed by atoms with E-state index >= 15 is 0 Å². The van der Waals surface area contributed by atoms with E-state index in [2.05, 4.69) is 15.9 Å². The van der Waals surface area contributed by atoms with Crippen LogP contribution in [0.5, 0.6) is 5.75 Å². The zero-order valence-corrected chi connectivity index (χ0v) is 14.3. The summed E-state index contributed by atoms with van der Waals surface area (Å²) in [4.78, 5) is 0. The van der Waals surface area contributed by atoms with Crippen LogP contribution in [-0.2, 0) is 10.0 Å². The predicted molar refractivity (Wildman–Crippen MR) is 83.7 cm³/mol. The Hall–Kier alpha value is -0.960. The number of hydrogen-bond donors (Lipinski definition) is 0. The quantitative estimate of drug-likeness (QED) is 0.755. The molecule has 1 aromatic carbocycles. The molecule has 0 amide bonds. The van der Waals surface area contributed by atoms with Crippen LogP contribution in [0.3, 0.4) is 0 Å². The predicted octanol–water partition coefficient (Wildman–Crippen LogP) is 3.35. The lowest BCUT2D eigenvalue weighted by atomic mass is 10.3. The Morgan fingerprint density at radius 2 is 2.05 bits per heavy atom. The molecule has 1 heterocycles. The van der Waals surface area contributed by atoms with E-state index < -0.39 is 15.8 Å². The van der Waals surface area contributed by atoms with Crippen molar-refractivity contribution in [3.8, 4) is 5.75 Å². The van der Waals surface area contributed by atoms with E-state index in [0.29, 0.717) is 4.47 Å². The Morgan fingerprint density at radius 1 is 1.33 bits per heavy atom. The fourth-order valence-electron chi connectivity index (χ4n) is 1.57. The molecule has 8 heteroatoms. The van der Waals surface area contributed by atoms with Crippen LogP contribution in [0.15, 0.2) is 44.4 Å². The minimum atomic E-state index is -3.56. The minimum absolute atomic E-state index is 0.0691. The molecule has 4 nitrogen and oxygen atoms in total. The summed E-state index contributed by atoms with van der Waals surface area (Å²) >= 11 is 4.35. The highest BCUT2D eigenvalue weighted by molar-refractivity contribution is 9.10. The number of rotatable bonds is 6. The molecule has 0 aliphatic heterocycles. The third kappa shape index (κ3) is 3.82. The Labute approximate surface area is 135 Å². The summed E-state index contributed by atoms with van der Waals surface area (Å²) in [5.74, 6) is -0.357. The molecule has 0 saturated heterocycles. The molecule has 0 aliphatic rings. The Balaban J connectivity index is 1.98. The van der Waals surface area contributed by atoms with E-state index in [-0.39, 0.29) is 23.1 Å². The van der Waals surface area contributed by atoms with Gasteiger partial charge in [-0.05, 0) is 39.5 Å². The van der Waals surface area contributed by atoms with Gasteiger partial charge in [0.25, 0.3) is 10.0 Å². The van der Waals surface area contributed by atoms with Crippen LogP contribution in [0.1, 0.15) is 0 Å². The average molecular weight is 394 g/mol. The maximum absolute atomic E-state index is 13.4. The average Bonchev–Trinajstić information content (AvgIpc) is 2.87. The first-order chi connectivity index (χ1) is 9.93. The molecule has 0 radical (unpaired) electrons. The summed E-state index contributed by atoms with van der Waals surface area (Å²) in [6.07, 6.45) is 0. The summed E-state index contributed by atoms with van der Waals surface area (Å²) in [6, 6.07) is 7.69. The normalized spacial score (nSPS) is 11.8. The molecule has 0 unspecified atom stereocenters. The number of benzene rings is 1. The van der Waals surface area contributed by atoms with Gasteiger partial charge in [0.05, 0.1) is 0 Å². The van der Waals surface area contributed by atoms with Gasteiger partial charge < -0.3 is 4.74 Å². The van der Waals surface area contributed by atoms with Crippen molar-refractivity contribution in [2.75, 3.05) is 20.2 Å².